The Labute approximate surface area is 69.5 Å². The van der Waals surface area contributed by atoms with Crippen molar-refractivity contribution < 1.29 is 4.74 Å². The topological polar surface area (TPSA) is 12.5 Å². The Hall–Kier alpha value is -0.0800. The molecule has 11 heavy (non-hydrogen) atoms. The van der Waals surface area contributed by atoms with Gasteiger partial charge in [-0.25, -0.2) is 0 Å². The van der Waals surface area contributed by atoms with Crippen molar-refractivity contribution in [3.8, 4) is 0 Å². The zero-order valence-corrected chi connectivity index (χ0v) is 7.68. The molecular formula is C9H19NO. The van der Waals surface area contributed by atoms with E-state index in [0.717, 1.165) is 6.54 Å². The van der Waals surface area contributed by atoms with Crippen molar-refractivity contribution >= 4 is 0 Å². The van der Waals surface area contributed by atoms with Crippen LogP contribution < -0.4 is 0 Å². The molecule has 0 spiro atoms. The summed E-state index contributed by atoms with van der Waals surface area (Å²) in [5.74, 6) is 0. The molecule has 2 heteroatoms. The highest BCUT2D eigenvalue weighted by atomic mass is 16.5. The van der Waals surface area contributed by atoms with Crippen molar-refractivity contribution in [2.24, 2.45) is 0 Å². The second-order valence-corrected chi connectivity index (χ2v) is 3.30. The van der Waals surface area contributed by atoms with Crippen LogP contribution in [0.2, 0.25) is 0 Å². The van der Waals surface area contributed by atoms with E-state index in [1.807, 2.05) is 7.11 Å². The molecule has 0 radical (unpaired) electrons. The van der Waals surface area contributed by atoms with Crippen LogP contribution in [-0.2, 0) is 4.74 Å². The maximum absolute atomic E-state index is 5.28. The monoisotopic (exact) mass is 157 g/mol. The van der Waals surface area contributed by atoms with Gasteiger partial charge in [0.25, 0.3) is 0 Å². The van der Waals surface area contributed by atoms with E-state index in [-0.39, 0.29) is 0 Å². The van der Waals surface area contributed by atoms with Crippen LogP contribution in [0.1, 0.15) is 26.2 Å². The van der Waals surface area contributed by atoms with Gasteiger partial charge in [-0.05, 0) is 19.4 Å². The highest BCUT2D eigenvalue weighted by molar-refractivity contribution is 4.74. The van der Waals surface area contributed by atoms with Crippen LogP contribution in [0, 0.1) is 0 Å². The second kappa shape index (κ2) is 4.73. The maximum atomic E-state index is 5.28. The third-order valence-electron chi connectivity index (χ3n) is 2.39. The molecule has 0 aromatic rings. The Morgan fingerprint density at radius 2 is 2.36 bits per heavy atom. The summed E-state index contributed by atoms with van der Waals surface area (Å²) in [6.07, 6.45) is 4.36. The SMILES string of the molecule is CCCCN1CCC(OC)C1. The summed E-state index contributed by atoms with van der Waals surface area (Å²) in [5, 5.41) is 0. The van der Waals surface area contributed by atoms with Crippen LogP contribution in [0.4, 0.5) is 0 Å². The molecule has 66 valence electrons. The third-order valence-corrected chi connectivity index (χ3v) is 2.39. The number of hydrogen-bond acceptors (Lipinski definition) is 2. The predicted molar refractivity (Wildman–Crippen MR) is 46.8 cm³/mol. The van der Waals surface area contributed by atoms with Gasteiger partial charge in [0, 0.05) is 20.2 Å². The molecule has 1 heterocycles. The molecule has 1 aliphatic rings. The number of nitrogens with zero attached hydrogens (tertiary/aromatic N) is 1. The highest BCUT2D eigenvalue weighted by Gasteiger charge is 2.20. The summed E-state index contributed by atoms with van der Waals surface area (Å²) in [4.78, 5) is 2.50. The number of ether oxygens (including phenoxy) is 1. The number of rotatable bonds is 4. The molecule has 1 saturated heterocycles. The lowest BCUT2D eigenvalue weighted by Gasteiger charge is -2.14. The lowest BCUT2D eigenvalue weighted by molar-refractivity contribution is 0.108. The normalized spacial score (nSPS) is 26.2. The highest BCUT2D eigenvalue weighted by Crippen LogP contribution is 2.11. The van der Waals surface area contributed by atoms with Gasteiger partial charge < -0.3 is 9.64 Å². The molecule has 1 rings (SSSR count). The molecule has 1 unspecified atom stereocenters. The van der Waals surface area contributed by atoms with Gasteiger partial charge in [-0.3, -0.25) is 0 Å². The summed E-state index contributed by atoms with van der Waals surface area (Å²) in [5.41, 5.74) is 0. The van der Waals surface area contributed by atoms with Crippen LogP contribution in [0.3, 0.4) is 0 Å². The van der Waals surface area contributed by atoms with Gasteiger partial charge in [-0.1, -0.05) is 13.3 Å². The van der Waals surface area contributed by atoms with Crippen LogP contribution in [-0.4, -0.2) is 37.7 Å². The average molecular weight is 157 g/mol. The van der Waals surface area contributed by atoms with Crippen LogP contribution >= 0.6 is 0 Å². The van der Waals surface area contributed by atoms with E-state index in [2.05, 4.69) is 11.8 Å². The first-order chi connectivity index (χ1) is 5.36. The predicted octanol–water partition coefficient (Wildman–Crippen LogP) is 1.51. The summed E-state index contributed by atoms with van der Waals surface area (Å²) in [6, 6.07) is 0. The molecule has 2 nitrogen and oxygen atoms in total. The summed E-state index contributed by atoms with van der Waals surface area (Å²) in [7, 11) is 1.81. The molecule has 0 aliphatic carbocycles. The Balaban J connectivity index is 2.09. The van der Waals surface area contributed by atoms with Gasteiger partial charge in [-0.2, -0.15) is 0 Å². The molecular weight excluding hydrogens is 138 g/mol. The Morgan fingerprint density at radius 1 is 1.55 bits per heavy atom. The molecule has 0 aromatic carbocycles. The minimum atomic E-state index is 0.506. The van der Waals surface area contributed by atoms with E-state index in [1.54, 1.807) is 0 Å². The molecule has 0 aromatic heterocycles. The lowest BCUT2D eigenvalue weighted by Crippen LogP contribution is -2.23. The standard InChI is InChI=1S/C9H19NO/c1-3-4-6-10-7-5-9(8-10)11-2/h9H,3-8H2,1-2H3. The van der Waals surface area contributed by atoms with E-state index >= 15 is 0 Å². The van der Waals surface area contributed by atoms with Crippen molar-refractivity contribution in [1.82, 2.24) is 4.90 Å². The summed E-state index contributed by atoms with van der Waals surface area (Å²) in [6.45, 7) is 5.88. The Morgan fingerprint density at radius 3 is 2.91 bits per heavy atom. The average Bonchev–Trinajstić information content (AvgIpc) is 2.48. The van der Waals surface area contributed by atoms with Gasteiger partial charge >= 0.3 is 0 Å². The largest absolute Gasteiger partial charge is 0.380 e. The quantitative estimate of drug-likeness (QED) is 0.613. The van der Waals surface area contributed by atoms with Gasteiger partial charge in [-0.15, -0.1) is 0 Å². The Bertz CT molecular complexity index is 106. The molecule has 0 saturated carbocycles. The number of methoxy groups -OCH3 is 1. The van der Waals surface area contributed by atoms with Crippen LogP contribution in [0.25, 0.3) is 0 Å². The fourth-order valence-electron chi connectivity index (χ4n) is 1.57. The maximum Gasteiger partial charge on any atom is 0.0710 e. The number of likely N-dealkylation sites (tertiary alicyclic amines) is 1. The fraction of sp³-hybridized carbons (Fsp3) is 1.00. The molecule has 1 fully saturated rings. The zero-order chi connectivity index (χ0) is 8.10. The van der Waals surface area contributed by atoms with E-state index in [0.29, 0.717) is 6.10 Å². The molecule has 0 bridgehead atoms. The van der Waals surface area contributed by atoms with Crippen LogP contribution in [0.15, 0.2) is 0 Å². The fourth-order valence-corrected chi connectivity index (χ4v) is 1.57. The zero-order valence-electron chi connectivity index (χ0n) is 7.68. The van der Waals surface area contributed by atoms with Gasteiger partial charge in [0.05, 0.1) is 6.10 Å². The van der Waals surface area contributed by atoms with E-state index < -0.39 is 0 Å². The molecule has 1 atom stereocenters. The second-order valence-electron chi connectivity index (χ2n) is 3.30. The smallest absolute Gasteiger partial charge is 0.0710 e. The van der Waals surface area contributed by atoms with E-state index in [1.165, 1.54) is 32.4 Å². The first kappa shape index (κ1) is 9.01. The van der Waals surface area contributed by atoms with E-state index in [4.69, 9.17) is 4.74 Å². The summed E-state index contributed by atoms with van der Waals surface area (Å²) < 4.78 is 5.28. The lowest BCUT2D eigenvalue weighted by atomic mass is 10.3. The minimum absolute atomic E-state index is 0.506. The van der Waals surface area contributed by atoms with Gasteiger partial charge in [0.2, 0.25) is 0 Å². The molecule has 1 aliphatic heterocycles. The van der Waals surface area contributed by atoms with Crippen molar-refractivity contribution in [2.75, 3.05) is 26.7 Å². The van der Waals surface area contributed by atoms with Crippen molar-refractivity contribution in [1.29, 1.82) is 0 Å². The first-order valence-electron chi connectivity index (χ1n) is 4.62. The molecule has 0 N–H and O–H groups in total. The van der Waals surface area contributed by atoms with E-state index in [9.17, 15) is 0 Å². The number of unbranched alkanes of at least 4 members (excludes halogenated alkanes) is 1. The van der Waals surface area contributed by atoms with Crippen molar-refractivity contribution in [3.05, 3.63) is 0 Å². The van der Waals surface area contributed by atoms with Gasteiger partial charge in [0.15, 0.2) is 0 Å². The van der Waals surface area contributed by atoms with Crippen molar-refractivity contribution in [2.45, 2.75) is 32.3 Å². The Kier molecular flexibility index (Phi) is 3.87. The first-order valence-corrected chi connectivity index (χ1v) is 4.62. The number of hydrogen-bond donors (Lipinski definition) is 0. The summed E-state index contributed by atoms with van der Waals surface area (Å²) >= 11 is 0. The minimum Gasteiger partial charge on any atom is -0.380 e. The van der Waals surface area contributed by atoms with Gasteiger partial charge in [0.1, 0.15) is 0 Å². The van der Waals surface area contributed by atoms with Crippen LogP contribution in [0.5, 0.6) is 0 Å². The van der Waals surface area contributed by atoms with Crippen molar-refractivity contribution in [3.63, 3.8) is 0 Å². The third kappa shape index (κ3) is 2.80. The molecule has 0 amide bonds.